The molecule has 0 atom stereocenters. The van der Waals surface area contributed by atoms with Crippen LogP contribution in [-0.4, -0.2) is 19.3 Å². The number of hydrogen-bond donors (Lipinski definition) is 0. The van der Waals surface area contributed by atoms with Gasteiger partial charge in [-0.15, -0.1) is 0 Å². The van der Waals surface area contributed by atoms with Crippen molar-refractivity contribution in [3.8, 4) is 0 Å². The molecular weight excluding hydrogens is 116 g/mol. The van der Waals surface area contributed by atoms with Crippen molar-refractivity contribution in [1.82, 2.24) is 0 Å². The lowest BCUT2D eigenvalue weighted by atomic mass is 10.1. The van der Waals surface area contributed by atoms with Gasteiger partial charge >= 0.3 is 0 Å². The first kappa shape index (κ1) is 8.92. The van der Waals surface area contributed by atoms with Crippen molar-refractivity contribution in [3.63, 3.8) is 0 Å². The molecule has 0 saturated carbocycles. The van der Waals surface area contributed by atoms with Gasteiger partial charge in [-0.3, -0.25) is 0 Å². The van der Waals surface area contributed by atoms with Crippen molar-refractivity contribution in [2.45, 2.75) is 25.9 Å². The minimum absolute atomic E-state index is 0.143. The largest absolute Gasteiger partial charge is 0.385 e. The van der Waals surface area contributed by atoms with E-state index >= 15 is 0 Å². The molecule has 0 aliphatic heterocycles. The van der Waals surface area contributed by atoms with Crippen molar-refractivity contribution in [3.05, 3.63) is 7.11 Å². The molecule has 0 rings (SSSR count). The number of rotatable bonds is 4. The highest BCUT2D eigenvalue weighted by Gasteiger charge is 2.14. The third kappa shape index (κ3) is 4.43. The van der Waals surface area contributed by atoms with Crippen LogP contribution in [0.15, 0.2) is 0 Å². The normalized spacial score (nSPS) is 12.0. The predicted molar refractivity (Wildman–Crippen MR) is 37.0 cm³/mol. The van der Waals surface area contributed by atoms with Crippen LogP contribution in [0.3, 0.4) is 0 Å². The summed E-state index contributed by atoms with van der Waals surface area (Å²) in [5, 5.41) is 0. The first-order valence-electron chi connectivity index (χ1n) is 3.04. The Morgan fingerprint density at radius 2 is 2.00 bits per heavy atom. The predicted octanol–water partition coefficient (Wildman–Crippen LogP) is 1.61. The van der Waals surface area contributed by atoms with E-state index in [9.17, 15) is 0 Å². The lowest BCUT2D eigenvalue weighted by molar-refractivity contribution is 0.0207. The molecule has 0 aliphatic carbocycles. The summed E-state index contributed by atoms with van der Waals surface area (Å²) in [6.45, 7) is 4.70. The average Bonchev–Trinajstić information content (AvgIpc) is 1.84. The summed E-state index contributed by atoms with van der Waals surface area (Å²) in [4.78, 5) is 0. The second-order valence-corrected chi connectivity index (χ2v) is 2.65. The molecule has 0 bridgehead atoms. The molecule has 9 heavy (non-hydrogen) atoms. The van der Waals surface area contributed by atoms with Crippen molar-refractivity contribution in [1.29, 1.82) is 0 Å². The molecular formula is C7H15O2. The maximum absolute atomic E-state index is 4.91. The van der Waals surface area contributed by atoms with E-state index < -0.39 is 0 Å². The van der Waals surface area contributed by atoms with Gasteiger partial charge in [0.05, 0.1) is 12.7 Å². The van der Waals surface area contributed by atoms with Gasteiger partial charge in [0, 0.05) is 13.7 Å². The van der Waals surface area contributed by atoms with E-state index in [1.54, 1.807) is 7.11 Å². The van der Waals surface area contributed by atoms with Crippen LogP contribution < -0.4 is 0 Å². The summed E-state index contributed by atoms with van der Waals surface area (Å²) in [6, 6.07) is 0. The molecule has 0 aromatic carbocycles. The maximum Gasteiger partial charge on any atom is 0.0708 e. The molecule has 55 valence electrons. The fourth-order valence-corrected chi connectivity index (χ4v) is 0.420. The molecule has 2 nitrogen and oxygen atoms in total. The van der Waals surface area contributed by atoms with Crippen molar-refractivity contribution in [2.24, 2.45) is 0 Å². The molecule has 0 unspecified atom stereocenters. The van der Waals surface area contributed by atoms with Gasteiger partial charge in [-0.05, 0) is 20.3 Å². The second-order valence-electron chi connectivity index (χ2n) is 2.65. The monoisotopic (exact) mass is 131 g/mol. The SMILES string of the molecule is [CH2]OC(C)(C)CCOC. The molecule has 0 spiro atoms. The highest BCUT2D eigenvalue weighted by Crippen LogP contribution is 2.12. The van der Waals surface area contributed by atoms with E-state index in [4.69, 9.17) is 9.47 Å². The minimum Gasteiger partial charge on any atom is -0.385 e. The zero-order chi connectivity index (χ0) is 7.33. The minimum atomic E-state index is -0.143. The molecule has 1 radical (unpaired) electrons. The van der Waals surface area contributed by atoms with Gasteiger partial charge in [0.2, 0.25) is 0 Å². The van der Waals surface area contributed by atoms with Gasteiger partial charge in [0.1, 0.15) is 0 Å². The van der Waals surface area contributed by atoms with E-state index in [0.29, 0.717) is 0 Å². The summed E-state index contributed by atoms with van der Waals surface area (Å²) < 4.78 is 9.78. The highest BCUT2D eigenvalue weighted by atomic mass is 16.5. The first-order valence-corrected chi connectivity index (χ1v) is 3.04. The van der Waals surface area contributed by atoms with Crippen LogP contribution >= 0.6 is 0 Å². The summed E-state index contributed by atoms with van der Waals surface area (Å²) in [5.74, 6) is 0. The average molecular weight is 131 g/mol. The molecule has 0 N–H and O–H groups in total. The van der Waals surface area contributed by atoms with E-state index in [-0.39, 0.29) is 5.60 Å². The summed E-state index contributed by atoms with van der Waals surface area (Å²) in [7, 11) is 5.03. The fraction of sp³-hybridized carbons (Fsp3) is 0.857. The van der Waals surface area contributed by atoms with Gasteiger partial charge in [-0.25, -0.2) is 0 Å². The van der Waals surface area contributed by atoms with Crippen LogP contribution in [0, 0.1) is 7.11 Å². The summed E-state index contributed by atoms with van der Waals surface area (Å²) >= 11 is 0. The number of hydrogen-bond acceptors (Lipinski definition) is 2. The van der Waals surface area contributed by atoms with Gasteiger partial charge in [-0.2, -0.15) is 0 Å². The van der Waals surface area contributed by atoms with Gasteiger partial charge in [-0.1, -0.05) is 0 Å². The standard InChI is InChI=1S/C7H15O2/c1-7(2,9-4)5-6-8-3/h4-6H2,1-3H3. The number of ether oxygens (including phenoxy) is 2. The van der Waals surface area contributed by atoms with Crippen LogP contribution in [-0.2, 0) is 9.47 Å². The van der Waals surface area contributed by atoms with Crippen LogP contribution in [0.25, 0.3) is 0 Å². The van der Waals surface area contributed by atoms with Crippen LogP contribution in [0.5, 0.6) is 0 Å². The van der Waals surface area contributed by atoms with Crippen molar-refractivity contribution in [2.75, 3.05) is 13.7 Å². The topological polar surface area (TPSA) is 18.5 Å². The lowest BCUT2D eigenvalue weighted by Crippen LogP contribution is -2.23. The Labute approximate surface area is 57.2 Å². The van der Waals surface area contributed by atoms with Gasteiger partial charge in [0.25, 0.3) is 0 Å². The Hall–Kier alpha value is -0.0800. The van der Waals surface area contributed by atoms with Gasteiger partial charge < -0.3 is 9.47 Å². The molecule has 0 heterocycles. The Bertz CT molecular complexity index is 69.3. The van der Waals surface area contributed by atoms with E-state index in [1.165, 1.54) is 0 Å². The summed E-state index contributed by atoms with van der Waals surface area (Å²) in [5.41, 5.74) is -0.143. The Balaban J connectivity index is 3.33. The molecule has 2 heteroatoms. The smallest absolute Gasteiger partial charge is 0.0708 e. The second kappa shape index (κ2) is 3.85. The molecule has 0 aromatic rings. The zero-order valence-electron chi connectivity index (χ0n) is 6.44. The quantitative estimate of drug-likeness (QED) is 0.577. The third-order valence-corrected chi connectivity index (χ3v) is 1.30. The molecule has 0 aliphatic rings. The number of methoxy groups -OCH3 is 1. The maximum atomic E-state index is 4.91. The zero-order valence-corrected chi connectivity index (χ0v) is 6.44. The van der Waals surface area contributed by atoms with Crippen molar-refractivity contribution < 1.29 is 9.47 Å². The van der Waals surface area contributed by atoms with Crippen LogP contribution in [0.2, 0.25) is 0 Å². The Kier molecular flexibility index (Phi) is 3.82. The van der Waals surface area contributed by atoms with Crippen molar-refractivity contribution >= 4 is 0 Å². The molecule has 0 aromatic heterocycles. The fourth-order valence-electron chi connectivity index (χ4n) is 0.420. The first-order chi connectivity index (χ1) is 4.12. The van der Waals surface area contributed by atoms with E-state index in [0.717, 1.165) is 13.0 Å². The van der Waals surface area contributed by atoms with E-state index in [2.05, 4.69) is 7.11 Å². The molecule has 0 saturated heterocycles. The highest BCUT2D eigenvalue weighted by molar-refractivity contribution is 4.66. The Morgan fingerprint density at radius 3 is 2.33 bits per heavy atom. The van der Waals surface area contributed by atoms with Gasteiger partial charge in [0.15, 0.2) is 0 Å². The lowest BCUT2D eigenvalue weighted by Gasteiger charge is -2.21. The third-order valence-electron chi connectivity index (χ3n) is 1.30. The summed E-state index contributed by atoms with van der Waals surface area (Å²) in [6.07, 6.45) is 0.882. The molecule has 0 fully saturated rings. The van der Waals surface area contributed by atoms with Crippen LogP contribution in [0.1, 0.15) is 20.3 Å². The molecule has 0 amide bonds. The van der Waals surface area contributed by atoms with E-state index in [1.807, 2.05) is 13.8 Å². The Morgan fingerprint density at radius 1 is 1.44 bits per heavy atom. The van der Waals surface area contributed by atoms with Crippen LogP contribution in [0.4, 0.5) is 0 Å².